The van der Waals surface area contributed by atoms with E-state index in [0.717, 1.165) is 17.6 Å². The van der Waals surface area contributed by atoms with Crippen molar-refractivity contribution in [3.05, 3.63) is 34.9 Å². The summed E-state index contributed by atoms with van der Waals surface area (Å²) in [6.45, 7) is 4.08. The Labute approximate surface area is 164 Å². The normalized spacial score (nSPS) is 23.7. The maximum absolute atomic E-state index is 12.4. The highest BCUT2D eigenvalue weighted by Gasteiger charge is 2.32. The molecule has 4 nitrogen and oxygen atoms in total. The van der Waals surface area contributed by atoms with Crippen molar-refractivity contribution in [2.75, 3.05) is 19.6 Å². The third-order valence-corrected chi connectivity index (χ3v) is 6.60. The van der Waals surface area contributed by atoms with E-state index in [0.29, 0.717) is 18.4 Å². The van der Waals surface area contributed by atoms with Gasteiger partial charge in [0, 0.05) is 41.7 Å². The smallest absolute Gasteiger partial charge is 0.221 e. The van der Waals surface area contributed by atoms with Crippen LogP contribution in [0.15, 0.2) is 34.9 Å². The van der Waals surface area contributed by atoms with Crippen LogP contribution in [0.1, 0.15) is 38.5 Å². The first-order valence-electron chi connectivity index (χ1n) is 9.96. The summed E-state index contributed by atoms with van der Waals surface area (Å²) < 4.78 is 3.24. The highest BCUT2D eigenvalue weighted by molar-refractivity contribution is 9.10. The Bertz CT molecular complexity index is 770. The van der Waals surface area contributed by atoms with Gasteiger partial charge in [-0.1, -0.05) is 28.4 Å². The van der Waals surface area contributed by atoms with E-state index < -0.39 is 0 Å². The van der Waals surface area contributed by atoms with Gasteiger partial charge in [0.25, 0.3) is 0 Å². The molecular weight excluding hydrogens is 390 g/mol. The molecule has 2 aromatic rings. The number of aromatic nitrogens is 1. The van der Waals surface area contributed by atoms with Gasteiger partial charge in [-0.2, -0.15) is 0 Å². The molecule has 26 heavy (non-hydrogen) atoms. The number of amides is 1. The minimum atomic E-state index is 0.176. The van der Waals surface area contributed by atoms with Crippen LogP contribution in [0, 0.1) is 5.92 Å². The van der Waals surface area contributed by atoms with Crippen LogP contribution in [-0.4, -0.2) is 41.1 Å². The number of rotatable bonds is 5. The molecule has 2 atom stereocenters. The number of aryl methyl sites for hydroxylation is 1. The maximum Gasteiger partial charge on any atom is 0.221 e. The molecular formula is C21H28BrN3O. The molecule has 1 amide bonds. The van der Waals surface area contributed by atoms with Crippen molar-refractivity contribution in [3.8, 4) is 0 Å². The molecule has 1 aromatic heterocycles. The van der Waals surface area contributed by atoms with E-state index in [1.807, 2.05) is 0 Å². The van der Waals surface area contributed by atoms with Gasteiger partial charge in [-0.05, 0) is 68.3 Å². The second-order valence-electron chi connectivity index (χ2n) is 7.77. The number of carbonyl (C=O) groups excluding carboxylic acids is 1. The average Bonchev–Trinajstić information content (AvgIpc) is 3.06. The Balaban J connectivity index is 1.29. The molecule has 0 saturated carbocycles. The molecule has 1 N–H and O–H groups in total. The summed E-state index contributed by atoms with van der Waals surface area (Å²) in [5, 5.41) is 4.44. The summed E-state index contributed by atoms with van der Waals surface area (Å²) in [5.41, 5.74) is 1.18. The summed E-state index contributed by atoms with van der Waals surface area (Å²) in [4.78, 5) is 15.1. The number of halogens is 1. The zero-order valence-electron chi connectivity index (χ0n) is 15.3. The number of nitrogens with one attached hydrogen (secondary N) is 1. The third-order valence-electron chi connectivity index (χ3n) is 6.11. The number of benzene rings is 1. The fraction of sp³-hybridized carbons (Fsp3) is 0.571. The summed E-state index contributed by atoms with van der Waals surface area (Å²) in [7, 11) is 0. The van der Waals surface area contributed by atoms with Crippen molar-refractivity contribution in [1.29, 1.82) is 0 Å². The molecule has 4 rings (SSSR count). The quantitative estimate of drug-likeness (QED) is 0.791. The van der Waals surface area contributed by atoms with Gasteiger partial charge in [-0.3, -0.25) is 4.79 Å². The largest absolute Gasteiger partial charge is 0.356 e. The van der Waals surface area contributed by atoms with Gasteiger partial charge in [0.1, 0.15) is 0 Å². The number of carbonyl (C=O) groups is 1. The second kappa shape index (κ2) is 8.13. The molecule has 2 fully saturated rings. The first kappa shape index (κ1) is 18.1. The van der Waals surface area contributed by atoms with Gasteiger partial charge in [-0.15, -0.1) is 0 Å². The van der Waals surface area contributed by atoms with E-state index >= 15 is 0 Å². The van der Waals surface area contributed by atoms with Crippen molar-refractivity contribution in [2.24, 2.45) is 5.92 Å². The number of hydrogen-bond acceptors (Lipinski definition) is 2. The molecule has 1 aromatic carbocycles. The van der Waals surface area contributed by atoms with Crippen LogP contribution in [0.3, 0.4) is 0 Å². The second-order valence-corrected chi connectivity index (χ2v) is 8.68. The Hall–Kier alpha value is -1.33. The van der Waals surface area contributed by atoms with E-state index in [4.69, 9.17) is 0 Å². The molecule has 2 saturated heterocycles. The molecule has 0 spiro atoms. The van der Waals surface area contributed by atoms with E-state index in [1.54, 1.807) is 0 Å². The summed E-state index contributed by atoms with van der Waals surface area (Å²) in [6, 6.07) is 9.09. The number of piperidine rings is 2. The van der Waals surface area contributed by atoms with Crippen LogP contribution in [0.25, 0.3) is 10.9 Å². The fourth-order valence-electron chi connectivity index (χ4n) is 4.72. The Morgan fingerprint density at radius 2 is 2.04 bits per heavy atom. The van der Waals surface area contributed by atoms with Gasteiger partial charge < -0.3 is 14.8 Å². The lowest BCUT2D eigenvalue weighted by Crippen LogP contribution is -2.51. The summed E-state index contributed by atoms with van der Waals surface area (Å²) in [5.74, 6) is 0.811. The highest BCUT2D eigenvalue weighted by Crippen LogP contribution is 2.30. The van der Waals surface area contributed by atoms with Crippen molar-refractivity contribution in [1.82, 2.24) is 14.8 Å². The lowest BCUT2D eigenvalue weighted by Gasteiger charge is -2.44. The molecule has 2 aliphatic heterocycles. The zero-order valence-corrected chi connectivity index (χ0v) is 16.9. The number of nitrogens with zero attached hydrogens (tertiary/aromatic N) is 2. The molecule has 3 heterocycles. The predicted molar refractivity (Wildman–Crippen MR) is 109 cm³/mol. The molecule has 5 heteroatoms. The number of fused-ring (bicyclic) bond motifs is 2. The van der Waals surface area contributed by atoms with E-state index in [2.05, 4.69) is 61.2 Å². The Morgan fingerprint density at radius 1 is 1.15 bits per heavy atom. The highest BCUT2D eigenvalue weighted by atomic mass is 79.9. The predicted octanol–water partition coefficient (Wildman–Crippen LogP) is 4.17. The van der Waals surface area contributed by atoms with Crippen molar-refractivity contribution >= 4 is 32.7 Å². The van der Waals surface area contributed by atoms with Crippen LogP contribution in [0.2, 0.25) is 0 Å². The minimum Gasteiger partial charge on any atom is -0.356 e. The first-order chi connectivity index (χ1) is 12.7. The Kier molecular flexibility index (Phi) is 5.65. The van der Waals surface area contributed by atoms with Crippen LogP contribution >= 0.6 is 15.9 Å². The average molecular weight is 418 g/mol. The minimum absolute atomic E-state index is 0.176. The SMILES string of the molecule is O=C(CCn1ccc2ccc(Br)cc21)NC[C@@H]1CCCN2CCCC[C@H]12. The van der Waals surface area contributed by atoms with Crippen molar-refractivity contribution < 1.29 is 4.79 Å². The number of hydrogen-bond donors (Lipinski definition) is 1. The topological polar surface area (TPSA) is 37.3 Å². The van der Waals surface area contributed by atoms with Crippen molar-refractivity contribution in [3.63, 3.8) is 0 Å². The molecule has 0 unspecified atom stereocenters. The fourth-order valence-corrected chi connectivity index (χ4v) is 5.07. The summed E-state index contributed by atoms with van der Waals surface area (Å²) in [6.07, 6.45) is 9.16. The lowest BCUT2D eigenvalue weighted by atomic mass is 9.83. The molecule has 0 radical (unpaired) electrons. The van der Waals surface area contributed by atoms with Gasteiger partial charge >= 0.3 is 0 Å². The van der Waals surface area contributed by atoms with Gasteiger partial charge in [0.15, 0.2) is 0 Å². The first-order valence-corrected chi connectivity index (χ1v) is 10.8. The van der Waals surface area contributed by atoms with Crippen LogP contribution in [-0.2, 0) is 11.3 Å². The standard InChI is InChI=1S/C21H28BrN3O/c22-18-7-6-16-8-12-25(20(16)14-18)13-9-21(26)23-15-17-4-3-11-24-10-2-1-5-19(17)24/h6-8,12,14,17,19H,1-5,9-11,13,15H2,(H,23,26)/t17-,19+/m0/s1. The van der Waals surface area contributed by atoms with E-state index in [-0.39, 0.29) is 5.91 Å². The maximum atomic E-state index is 12.4. The van der Waals surface area contributed by atoms with Gasteiger partial charge in [-0.25, -0.2) is 0 Å². The van der Waals surface area contributed by atoms with Crippen LogP contribution in [0.4, 0.5) is 0 Å². The van der Waals surface area contributed by atoms with Crippen LogP contribution < -0.4 is 5.32 Å². The van der Waals surface area contributed by atoms with Gasteiger partial charge in [0.05, 0.1) is 0 Å². The van der Waals surface area contributed by atoms with Crippen LogP contribution in [0.5, 0.6) is 0 Å². The Morgan fingerprint density at radius 3 is 2.96 bits per heavy atom. The molecule has 0 bridgehead atoms. The van der Waals surface area contributed by atoms with E-state index in [9.17, 15) is 4.79 Å². The van der Waals surface area contributed by atoms with Crippen molar-refractivity contribution in [2.45, 2.75) is 51.1 Å². The lowest BCUT2D eigenvalue weighted by molar-refractivity contribution is -0.121. The summed E-state index contributed by atoms with van der Waals surface area (Å²) >= 11 is 3.53. The molecule has 2 aliphatic rings. The monoisotopic (exact) mass is 417 g/mol. The third kappa shape index (κ3) is 3.99. The zero-order chi connectivity index (χ0) is 17.9. The van der Waals surface area contributed by atoms with Gasteiger partial charge in [0.2, 0.25) is 5.91 Å². The van der Waals surface area contributed by atoms with E-state index in [1.165, 1.54) is 56.1 Å². The molecule has 0 aliphatic carbocycles. The molecule has 140 valence electrons.